The summed E-state index contributed by atoms with van der Waals surface area (Å²) >= 11 is 0. The van der Waals surface area contributed by atoms with Crippen LogP contribution in [0.1, 0.15) is 51.1 Å². The molecule has 2 aromatic heterocycles. The Bertz CT molecular complexity index is 999. The number of aromatic nitrogens is 3. The molecule has 0 aliphatic carbocycles. The number of para-hydroxylation sites is 1. The smallest absolute Gasteiger partial charge is 0.276 e. The second-order valence-corrected chi connectivity index (χ2v) is 7.31. The quantitative estimate of drug-likeness (QED) is 0.604. The first-order valence-corrected chi connectivity index (χ1v) is 9.74. The van der Waals surface area contributed by atoms with E-state index in [1.54, 1.807) is 18.9 Å². The third-order valence-electron chi connectivity index (χ3n) is 5.22. The molecule has 3 rings (SSSR count). The van der Waals surface area contributed by atoms with Crippen molar-refractivity contribution < 1.29 is 14.1 Å². The van der Waals surface area contributed by atoms with Gasteiger partial charge in [0.15, 0.2) is 5.69 Å². The van der Waals surface area contributed by atoms with Gasteiger partial charge in [0.25, 0.3) is 5.91 Å². The largest absolute Gasteiger partial charge is 0.488 e. The van der Waals surface area contributed by atoms with Crippen LogP contribution in [0.2, 0.25) is 0 Å². The van der Waals surface area contributed by atoms with Crippen molar-refractivity contribution in [1.29, 1.82) is 0 Å². The summed E-state index contributed by atoms with van der Waals surface area (Å²) in [5, 5.41) is 8.36. The maximum atomic E-state index is 13.0. The molecule has 0 atom stereocenters. The number of amides is 1. The van der Waals surface area contributed by atoms with Gasteiger partial charge in [0.05, 0.1) is 11.8 Å². The number of carbonyl (C=O) groups excluding carboxylic acids is 1. The number of nitrogens with zero attached hydrogens (tertiary/aromatic N) is 4. The zero-order valence-corrected chi connectivity index (χ0v) is 17.9. The van der Waals surface area contributed by atoms with Gasteiger partial charge in [-0.1, -0.05) is 23.4 Å². The van der Waals surface area contributed by atoms with Gasteiger partial charge >= 0.3 is 0 Å². The van der Waals surface area contributed by atoms with E-state index in [-0.39, 0.29) is 18.2 Å². The molecule has 0 saturated carbocycles. The Labute approximate surface area is 171 Å². The summed E-state index contributed by atoms with van der Waals surface area (Å²) in [6.45, 7) is 11.3. The number of rotatable bonds is 7. The average Bonchev–Trinajstić information content (AvgIpc) is 3.23. The molecule has 0 unspecified atom stereocenters. The highest BCUT2D eigenvalue weighted by Gasteiger charge is 2.24. The number of hydrogen-bond acceptors (Lipinski definition) is 5. The summed E-state index contributed by atoms with van der Waals surface area (Å²) in [7, 11) is 1.76. The first-order valence-electron chi connectivity index (χ1n) is 9.74. The van der Waals surface area contributed by atoms with Crippen molar-refractivity contribution in [2.45, 2.75) is 54.3 Å². The van der Waals surface area contributed by atoms with Crippen molar-refractivity contribution in [3.8, 4) is 5.75 Å². The fourth-order valence-corrected chi connectivity index (χ4v) is 3.37. The molecular weight excluding hydrogens is 368 g/mol. The average molecular weight is 396 g/mol. The van der Waals surface area contributed by atoms with Crippen LogP contribution in [0.3, 0.4) is 0 Å². The Balaban J connectivity index is 1.77. The van der Waals surface area contributed by atoms with Gasteiger partial charge in [0.1, 0.15) is 18.1 Å². The van der Waals surface area contributed by atoms with Gasteiger partial charge in [-0.25, -0.2) is 0 Å². The molecule has 154 valence electrons. The van der Waals surface area contributed by atoms with E-state index < -0.39 is 0 Å². The first-order chi connectivity index (χ1) is 13.8. The first kappa shape index (κ1) is 20.6. The Morgan fingerprint density at radius 2 is 1.90 bits per heavy atom. The Morgan fingerprint density at radius 3 is 2.52 bits per heavy atom. The number of ether oxygens (including phenoxy) is 1. The number of carbonyl (C=O) groups is 1. The zero-order chi connectivity index (χ0) is 21.1. The minimum Gasteiger partial charge on any atom is -0.488 e. The number of hydrogen-bond donors (Lipinski definition) is 0. The molecule has 2 heterocycles. The summed E-state index contributed by atoms with van der Waals surface area (Å²) in [5.41, 5.74) is 5.13. The van der Waals surface area contributed by atoms with E-state index in [1.807, 2.05) is 56.8 Å². The predicted molar refractivity (Wildman–Crippen MR) is 110 cm³/mol. The maximum Gasteiger partial charge on any atom is 0.276 e. The number of benzene rings is 1. The summed E-state index contributed by atoms with van der Waals surface area (Å²) in [6, 6.07) is 6.00. The molecule has 7 nitrogen and oxygen atoms in total. The highest BCUT2D eigenvalue weighted by Crippen LogP contribution is 2.25. The van der Waals surface area contributed by atoms with Crippen LogP contribution in [0, 0.1) is 27.7 Å². The SMILES string of the molecule is CCn1ncc(CN(C)C(=O)c2noc(C)c2COc2c(C)cccc2C)c1C. The Hall–Kier alpha value is -3.09. The second kappa shape index (κ2) is 8.51. The van der Waals surface area contributed by atoms with E-state index in [2.05, 4.69) is 10.3 Å². The van der Waals surface area contributed by atoms with Gasteiger partial charge in [-0.3, -0.25) is 9.48 Å². The molecule has 1 amide bonds. The molecule has 7 heteroatoms. The molecule has 0 fully saturated rings. The molecule has 0 aliphatic rings. The molecule has 0 bridgehead atoms. The topological polar surface area (TPSA) is 73.4 Å². The van der Waals surface area contributed by atoms with Crippen LogP contribution in [0.4, 0.5) is 0 Å². The van der Waals surface area contributed by atoms with Crippen molar-refractivity contribution in [3.63, 3.8) is 0 Å². The lowest BCUT2D eigenvalue weighted by atomic mass is 10.1. The zero-order valence-electron chi connectivity index (χ0n) is 17.9. The van der Waals surface area contributed by atoms with Gasteiger partial charge in [-0.2, -0.15) is 5.10 Å². The van der Waals surface area contributed by atoms with Crippen molar-refractivity contribution in [1.82, 2.24) is 19.8 Å². The lowest BCUT2D eigenvalue weighted by molar-refractivity contribution is 0.0772. The minimum atomic E-state index is -0.203. The molecule has 0 N–H and O–H groups in total. The van der Waals surface area contributed by atoms with E-state index in [0.29, 0.717) is 17.9 Å². The van der Waals surface area contributed by atoms with Crippen LogP contribution in [-0.4, -0.2) is 32.8 Å². The third kappa shape index (κ3) is 4.18. The van der Waals surface area contributed by atoms with Crippen molar-refractivity contribution >= 4 is 5.91 Å². The molecular formula is C22H28N4O3. The van der Waals surface area contributed by atoms with Crippen molar-refractivity contribution in [2.75, 3.05) is 7.05 Å². The minimum absolute atomic E-state index is 0.203. The molecule has 1 aromatic carbocycles. The summed E-state index contributed by atoms with van der Waals surface area (Å²) in [5.74, 6) is 1.20. The molecule has 0 radical (unpaired) electrons. The second-order valence-electron chi connectivity index (χ2n) is 7.31. The van der Waals surface area contributed by atoms with Crippen LogP contribution >= 0.6 is 0 Å². The summed E-state index contributed by atoms with van der Waals surface area (Å²) in [6.07, 6.45) is 1.81. The number of aryl methyl sites for hydroxylation is 4. The molecule has 0 saturated heterocycles. The van der Waals surface area contributed by atoms with E-state index in [4.69, 9.17) is 9.26 Å². The molecule has 3 aromatic rings. The lowest BCUT2D eigenvalue weighted by Crippen LogP contribution is -2.28. The Kier molecular flexibility index (Phi) is 6.06. The molecule has 29 heavy (non-hydrogen) atoms. The van der Waals surface area contributed by atoms with E-state index >= 15 is 0 Å². The van der Waals surface area contributed by atoms with Gasteiger partial charge in [-0.15, -0.1) is 0 Å². The van der Waals surface area contributed by atoms with Crippen LogP contribution in [0.15, 0.2) is 28.9 Å². The maximum absolute atomic E-state index is 13.0. The highest BCUT2D eigenvalue weighted by molar-refractivity contribution is 5.93. The van der Waals surface area contributed by atoms with Crippen molar-refractivity contribution in [3.05, 3.63) is 63.8 Å². The fourth-order valence-electron chi connectivity index (χ4n) is 3.37. The van der Waals surface area contributed by atoms with E-state index in [1.165, 1.54) is 0 Å². The molecule has 0 spiro atoms. The van der Waals surface area contributed by atoms with Gasteiger partial charge < -0.3 is 14.2 Å². The fraction of sp³-hybridized carbons (Fsp3) is 0.409. The van der Waals surface area contributed by atoms with Gasteiger partial charge in [0.2, 0.25) is 0 Å². The van der Waals surface area contributed by atoms with Crippen LogP contribution < -0.4 is 4.74 Å². The Morgan fingerprint density at radius 1 is 1.21 bits per heavy atom. The standard InChI is InChI=1S/C22H28N4O3/c1-7-26-16(4)18(11-23-26)12-25(6)22(27)20-19(17(5)29-24-20)13-28-21-14(2)9-8-10-15(21)3/h8-11H,7,12-13H2,1-6H3. The van der Waals surface area contributed by atoms with E-state index in [0.717, 1.165) is 34.7 Å². The predicted octanol–water partition coefficient (Wildman–Crippen LogP) is 3.98. The lowest BCUT2D eigenvalue weighted by Gasteiger charge is -2.17. The van der Waals surface area contributed by atoms with E-state index in [9.17, 15) is 4.79 Å². The van der Waals surface area contributed by atoms with Gasteiger partial charge in [0, 0.05) is 31.4 Å². The normalized spacial score (nSPS) is 11.0. The van der Waals surface area contributed by atoms with Crippen LogP contribution in [0.5, 0.6) is 5.75 Å². The monoisotopic (exact) mass is 396 g/mol. The van der Waals surface area contributed by atoms with Crippen LogP contribution in [0.25, 0.3) is 0 Å². The van der Waals surface area contributed by atoms with Crippen molar-refractivity contribution in [2.24, 2.45) is 0 Å². The summed E-state index contributed by atoms with van der Waals surface area (Å²) in [4.78, 5) is 14.7. The third-order valence-corrected chi connectivity index (χ3v) is 5.22. The van der Waals surface area contributed by atoms with Gasteiger partial charge in [-0.05, 0) is 45.7 Å². The highest BCUT2D eigenvalue weighted by atomic mass is 16.5. The summed E-state index contributed by atoms with van der Waals surface area (Å²) < 4.78 is 13.3. The molecule has 0 aliphatic heterocycles. The van der Waals surface area contributed by atoms with Crippen LogP contribution in [-0.2, 0) is 19.7 Å².